The smallest absolute Gasteiger partial charge is 0.160 e. The van der Waals surface area contributed by atoms with Crippen LogP contribution in [0.3, 0.4) is 0 Å². The Labute approximate surface area is 99.7 Å². The van der Waals surface area contributed by atoms with Gasteiger partial charge >= 0.3 is 0 Å². The number of aldehydes is 1. The lowest BCUT2D eigenvalue weighted by molar-refractivity contribution is 0.112. The summed E-state index contributed by atoms with van der Waals surface area (Å²) in [6.45, 7) is 2.22. The molecule has 15 heavy (non-hydrogen) atoms. The molecule has 0 saturated heterocycles. The first-order valence-corrected chi connectivity index (χ1v) is 7.22. The molecule has 1 aromatic rings. The number of anilines is 1. The molecule has 84 valence electrons. The van der Waals surface area contributed by atoms with Gasteiger partial charge < -0.3 is 4.90 Å². The first-order chi connectivity index (χ1) is 7.19. The molecule has 4 heteroatoms. The van der Waals surface area contributed by atoms with Gasteiger partial charge in [0.25, 0.3) is 0 Å². The zero-order valence-electron chi connectivity index (χ0n) is 9.40. The van der Waals surface area contributed by atoms with Crippen molar-refractivity contribution in [2.45, 2.75) is 19.4 Å². The lowest BCUT2D eigenvalue weighted by Gasteiger charge is -2.25. The Hall–Kier alpha value is -0.480. The highest BCUT2D eigenvalue weighted by atomic mass is 32.2. The van der Waals surface area contributed by atoms with Gasteiger partial charge in [0, 0.05) is 24.2 Å². The van der Waals surface area contributed by atoms with Crippen molar-refractivity contribution in [3.05, 3.63) is 16.3 Å². The maximum atomic E-state index is 10.6. The molecule has 0 spiro atoms. The van der Waals surface area contributed by atoms with Crippen molar-refractivity contribution < 1.29 is 4.79 Å². The van der Waals surface area contributed by atoms with Crippen molar-refractivity contribution in [1.29, 1.82) is 0 Å². The van der Waals surface area contributed by atoms with Crippen molar-refractivity contribution >= 4 is 35.1 Å². The molecule has 2 nitrogen and oxygen atoms in total. The summed E-state index contributed by atoms with van der Waals surface area (Å²) in [5.74, 6) is 1.18. The quantitative estimate of drug-likeness (QED) is 0.716. The SMILES string of the molecule is CSCCC(C)N(C)c1csc(C=O)c1. The Kier molecular flexibility index (Phi) is 5.19. The van der Waals surface area contributed by atoms with E-state index in [-0.39, 0.29) is 0 Å². The Bertz CT molecular complexity index is 311. The minimum atomic E-state index is 0.520. The summed E-state index contributed by atoms with van der Waals surface area (Å²) in [4.78, 5) is 13.6. The number of hydrogen-bond acceptors (Lipinski definition) is 4. The summed E-state index contributed by atoms with van der Waals surface area (Å²) in [5, 5.41) is 2.04. The Morgan fingerprint density at radius 1 is 1.67 bits per heavy atom. The third-order valence-electron chi connectivity index (χ3n) is 2.53. The van der Waals surface area contributed by atoms with Gasteiger partial charge in [-0.05, 0) is 31.4 Å². The van der Waals surface area contributed by atoms with E-state index in [1.165, 1.54) is 23.5 Å². The van der Waals surface area contributed by atoms with Crippen molar-refractivity contribution in [3.63, 3.8) is 0 Å². The van der Waals surface area contributed by atoms with E-state index >= 15 is 0 Å². The summed E-state index contributed by atoms with van der Waals surface area (Å²) >= 11 is 3.38. The summed E-state index contributed by atoms with van der Waals surface area (Å²) in [7, 11) is 2.08. The van der Waals surface area contributed by atoms with Crippen LogP contribution in [0, 0.1) is 0 Å². The molecule has 0 aliphatic heterocycles. The fraction of sp³-hybridized carbons (Fsp3) is 0.545. The van der Waals surface area contributed by atoms with Gasteiger partial charge in [-0.25, -0.2) is 0 Å². The monoisotopic (exact) mass is 243 g/mol. The summed E-state index contributed by atoms with van der Waals surface area (Å²) in [6.07, 6.45) is 4.21. The van der Waals surface area contributed by atoms with Gasteiger partial charge in [0.1, 0.15) is 0 Å². The number of hydrogen-bond donors (Lipinski definition) is 0. The molecule has 0 radical (unpaired) electrons. The fourth-order valence-corrected chi connectivity index (χ4v) is 2.64. The average molecular weight is 243 g/mol. The van der Waals surface area contributed by atoms with Crippen LogP contribution in [-0.2, 0) is 0 Å². The van der Waals surface area contributed by atoms with Crippen LogP contribution in [0.1, 0.15) is 23.0 Å². The minimum absolute atomic E-state index is 0.520. The molecule has 0 aromatic carbocycles. The molecule has 0 aliphatic carbocycles. The van der Waals surface area contributed by atoms with E-state index in [0.717, 1.165) is 16.9 Å². The standard InChI is InChI=1S/C11H17NOS2/c1-9(4-5-14-3)12(2)10-6-11(7-13)15-8-10/h6-9H,4-5H2,1-3H3. The summed E-state index contributed by atoms with van der Waals surface area (Å²) in [6, 6.07) is 2.47. The van der Waals surface area contributed by atoms with Crippen molar-refractivity contribution in [2.75, 3.05) is 24.0 Å². The van der Waals surface area contributed by atoms with E-state index in [2.05, 4.69) is 25.1 Å². The highest BCUT2D eigenvalue weighted by Gasteiger charge is 2.11. The predicted octanol–water partition coefficient (Wildman–Crippen LogP) is 3.14. The molecular formula is C11H17NOS2. The van der Waals surface area contributed by atoms with Gasteiger partial charge in [-0.15, -0.1) is 11.3 Å². The molecular weight excluding hydrogens is 226 g/mol. The van der Waals surface area contributed by atoms with Gasteiger partial charge in [0.15, 0.2) is 6.29 Å². The van der Waals surface area contributed by atoms with Crippen LogP contribution in [-0.4, -0.2) is 31.4 Å². The molecule has 1 unspecified atom stereocenters. The van der Waals surface area contributed by atoms with E-state index in [0.29, 0.717) is 6.04 Å². The van der Waals surface area contributed by atoms with E-state index in [1.54, 1.807) is 0 Å². The van der Waals surface area contributed by atoms with Crippen LogP contribution in [0.25, 0.3) is 0 Å². The zero-order valence-corrected chi connectivity index (χ0v) is 11.0. The topological polar surface area (TPSA) is 20.3 Å². The number of nitrogens with zero attached hydrogens (tertiary/aromatic N) is 1. The van der Waals surface area contributed by atoms with Gasteiger partial charge in [-0.3, -0.25) is 4.79 Å². The zero-order chi connectivity index (χ0) is 11.3. The Balaban J connectivity index is 2.58. The van der Waals surface area contributed by atoms with Crippen molar-refractivity contribution in [1.82, 2.24) is 0 Å². The van der Waals surface area contributed by atoms with E-state index in [4.69, 9.17) is 0 Å². The van der Waals surface area contributed by atoms with Gasteiger partial charge in [-0.1, -0.05) is 0 Å². The fourth-order valence-electron chi connectivity index (χ4n) is 1.33. The number of carbonyl (C=O) groups is 1. The summed E-state index contributed by atoms with van der Waals surface area (Å²) < 4.78 is 0. The second kappa shape index (κ2) is 6.18. The first kappa shape index (κ1) is 12.6. The first-order valence-electron chi connectivity index (χ1n) is 4.94. The maximum absolute atomic E-state index is 10.6. The highest BCUT2D eigenvalue weighted by Crippen LogP contribution is 2.23. The van der Waals surface area contributed by atoms with Gasteiger partial charge in [0.2, 0.25) is 0 Å². The average Bonchev–Trinajstić information content (AvgIpc) is 2.73. The molecule has 1 rings (SSSR count). The van der Waals surface area contributed by atoms with Crippen LogP contribution in [0.5, 0.6) is 0 Å². The highest BCUT2D eigenvalue weighted by molar-refractivity contribution is 7.98. The second-order valence-electron chi connectivity index (χ2n) is 3.57. The van der Waals surface area contributed by atoms with Crippen LogP contribution in [0.15, 0.2) is 11.4 Å². The van der Waals surface area contributed by atoms with Gasteiger partial charge in [0.05, 0.1) is 4.88 Å². The molecule has 0 N–H and O–H groups in total. The van der Waals surface area contributed by atoms with Crippen LogP contribution in [0.2, 0.25) is 0 Å². The van der Waals surface area contributed by atoms with Gasteiger partial charge in [-0.2, -0.15) is 11.8 Å². The van der Waals surface area contributed by atoms with Crippen molar-refractivity contribution in [2.24, 2.45) is 0 Å². The molecule has 0 saturated carbocycles. The number of thioether (sulfide) groups is 1. The number of rotatable bonds is 6. The Morgan fingerprint density at radius 2 is 2.40 bits per heavy atom. The number of carbonyl (C=O) groups excluding carboxylic acids is 1. The molecule has 1 heterocycles. The van der Waals surface area contributed by atoms with E-state index in [1.807, 2.05) is 23.2 Å². The van der Waals surface area contributed by atoms with Crippen molar-refractivity contribution in [3.8, 4) is 0 Å². The molecule has 0 fully saturated rings. The van der Waals surface area contributed by atoms with E-state index in [9.17, 15) is 4.79 Å². The predicted molar refractivity (Wildman–Crippen MR) is 70.6 cm³/mol. The lowest BCUT2D eigenvalue weighted by atomic mass is 10.2. The maximum Gasteiger partial charge on any atom is 0.160 e. The lowest BCUT2D eigenvalue weighted by Crippen LogP contribution is -2.28. The molecule has 0 bridgehead atoms. The molecule has 1 aromatic heterocycles. The molecule has 0 amide bonds. The molecule has 1 atom stereocenters. The Morgan fingerprint density at radius 3 is 2.93 bits per heavy atom. The summed E-state index contributed by atoms with van der Waals surface area (Å²) in [5.41, 5.74) is 1.15. The normalized spacial score (nSPS) is 12.5. The largest absolute Gasteiger partial charge is 0.371 e. The van der Waals surface area contributed by atoms with Crippen LogP contribution in [0.4, 0.5) is 5.69 Å². The second-order valence-corrected chi connectivity index (χ2v) is 5.49. The minimum Gasteiger partial charge on any atom is -0.371 e. The van der Waals surface area contributed by atoms with Crippen LogP contribution >= 0.6 is 23.1 Å². The third kappa shape index (κ3) is 3.54. The number of thiophene rings is 1. The molecule has 0 aliphatic rings. The van der Waals surface area contributed by atoms with Crippen LogP contribution < -0.4 is 4.90 Å². The third-order valence-corrected chi connectivity index (χ3v) is 4.02. The van der Waals surface area contributed by atoms with E-state index < -0.39 is 0 Å².